The SMILES string of the molecule is CC[C@H](C)[C@H](NC(=O)[C@@H]1CCCN1C(=O)CNC(=O)[C@H](C)NC(=O)[C@H](Cc1cnc[nH]1)NC(=O)[C@@H](NC(=O)CCC(=O)O)C(C)C)C(=O)N[C@H](C)C(N)=O. The van der Waals surface area contributed by atoms with Crippen LogP contribution in [0.1, 0.15) is 79.3 Å². The summed E-state index contributed by atoms with van der Waals surface area (Å²) in [6, 6.07) is -6.39. The fourth-order valence-corrected chi connectivity index (χ4v) is 5.55. The Morgan fingerprint density at radius 1 is 0.870 bits per heavy atom. The Hall–Kier alpha value is -5.56. The molecule has 8 amide bonds. The average molecular weight is 763 g/mol. The number of rotatable bonds is 21. The molecule has 1 aromatic heterocycles. The largest absolute Gasteiger partial charge is 0.481 e. The molecule has 0 bridgehead atoms. The van der Waals surface area contributed by atoms with E-state index in [9.17, 15) is 43.2 Å². The number of carboxylic acids is 1. The van der Waals surface area contributed by atoms with E-state index in [1.54, 1.807) is 20.8 Å². The lowest BCUT2D eigenvalue weighted by Gasteiger charge is -2.29. The van der Waals surface area contributed by atoms with Gasteiger partial charge in [-0.25, -0.2) is 4.98 Å². The van der Waals surface area contributed by atoms with Crippen LogP contribution in [-0.2, 0) is 49.6 Å². The zero-order valence-corrected chi connectivity index (χ0v) is 31.5. The first kappa shape index (κ1) is 44.6. The van der Waals surface area contributed by atoms with Crippen molar-refractivity contribution in [3.63, 3.8) is 0 Å². The Kier molecular flexibility index (Phi) is 17.5. The number of amides is 8. The molecule has 54 heavy (non-hydrogen) atoms. The van der Waals surface area contributed by atoms with Crippen molar-refractivity contribution in [2.45, 2.75) is 116 Å². The molecular weight excluding hydrogens is 708 g/mol. The number of nitrogens with two attached hydrogens (primary N) is 1. The van der Waals surface area contributed by atoms with Crippen LogP contribution in [0.15, 0.2) is 12.5 Å². The molecule has 0 spiro atoms. The van der Waals surface area contributed by atoms with Gasteiger partial charge in [0.1, 0.15) is 36.3 Å². The van der Waals surface area contributed by atoms with Gasteiger partial charge in [0.25, 0.3) is 0 Å². The minimum absolute atomic E-state index is 0.0652. The lowest BCUT2D eigenvalue weighted by Crippen LogP contribution is -2.58. The van der Waals surface area contributed by atoms with Crippen molar-refractivity contribution in [3.05, 3.63) is 18.2 Å². The van der Waals surface area contributed by atoms with E-state index in [0.29, 0.717) is 25.0 Å². The highest BCUT2D eigenvalue weighted by atomic mass is 16.4. The van der Waals surface area contributed by atoms with Gasteiger partial charge in [-0.15, -0.1) is 0 Å². The highest BCUT2D eigenvalue weighted by Crippen LogP contribution is 2.19. The number of primary amides is 1. The van der Waals surface area contributed by atoms with Crippen molar-refractivity contribution in [2.75, 3.05) is 13.1 Å². The van der Waals surface area contributed by atoms with Crippen LogP contribution in [0.25, 0.3) is 0 Å². The summed E-state index contributed by atoms with van der Waals surface area (Å²) in [5, 5.41) is 24.1. The van der Waals surface area contributed by atoms with Crippen molar-refractivity contribution in [3.8, 4) is 0 Å². The van der Waals surface area contributed by atoms with E-state index in [0.717, 1.165) is 0 Å². The smallest absolute Gasteiger partial charge is 0.303 e. The Morgan fingerprint density at radius 3 is 2.09 bits per heavy atom. The number of carbonyl (C=O) groups excluding carboxylic acids is 8. The molecule has 1 fully saturated rings. The number of H-pyrrole nitrogens is 1. The molecule has 20 nitrogen and oxygen atoms in total. The van der Waals surface area contributed by atoms with Gasteiger partial charge in [-0.05, 0) is 38.5 Å². The molecule has 1 saturated heterocycles. The van der Waals surface area contributed by atoms with Gasteiger partial charge in [-0.3, -0.25) is 43.2 Å². The number of aromatic nitrogens is 2. The number of carbonyl (C=O) groups is 9. The maximum absolute atomic E-state index is 13.4. The van der Waals surface area contributed by atoms with Crippen molar-refractivity contribution >= 4 is 53.2 Å². The van der Waals surface area contributed by atoms with Crippen molar-refractivity contribution in [1.29, 1.82) is 0 Å². The predicted molar refractivity (Wildman–Crippen MR) is 191 cm³/mol. The minimum atomic E-state index is -1.24. The van der Waals surface area contributed by atoms with Crippen LogP contribution >= 0.6 is 0 Å². The van der Waals surface area contributed by atoms with Gasteiger partial charge in [0.05, 0.1) is 19.3 Å². The number of nitrogens with one attached hydrogen (secondary N) is 7. The lowest BCUT2D eigenvalue weighted by molar-refractivity contribution is -0.140. The maximum atomic E-state index is 13.4. The summed E-state index contributed by atoms with van der Waals surface area (Å²) < 4.78 is 0. The van der Waals surface area contributed by atoms with E-state index in [4.69, 9.17) is 10.8 Å². The molecular formula is C34H54N10O10. The molecule has 2 heterocycles. The first-order valence-electron chi connectivity index (χ1n) is 17.9. The number of likely N-dealkylation sites (tertiary alicyclic amines) is 1. The fourth-order valence-electron chi connectivity index (χ4n) is 5.55. The summed E-state index contributed by atoms with van der Waals surface area (Å²) in [5.74, 6) is -7.24. The number of hydrogen-bond donors (Lipinski definition) is 9. The summed E-state index contributed by atoms with van der Waals surface area (Å²) in [6.45, 7) is 9.44. The van der Waals surface area contributed by atoms with Crippen LogP contribution in [0.2, 0.25) is 0 Å². The van der Waals surface area contributed by atoms with Crippen LogP contribution in [0.5, 0.6) is 0 Å². The fraction of sp³-hybridized carbons (Fsp3) is 0.647. The molecule has 1 aliphatic rings. The first-order valence-corrected chi connectivity index (χ1v) is 17.9. The normalized spacial score (nSPS) is 17.2. The molecule has 7 atom stereocenters. The van der Waals surface area contributed by atoms with Crippen LogP contribution in [0.4, 0.5) is 0 Å². The molecule has 0 unspecified atom stereocenters. The zero-order valence-electron chi connectivity index (χ0n) is 31.5. The van der Waals surface area contributed by atoms with E-state index in [1.807, 2.05) is 6.92 Å². The van der Waals surface area contributed by atoms with Gasteiger partial charge < -0.3 is 52.6 Å². The second-order valence-corrected chi connectivity index (χ2v) is 13.7. The quantitative estimate of drug-likeness (QED) is 0.0635. The summed E-state index contributed by atoms with van der Waals surface area (Å²) in [4.78, 5) is 122. The molecule has 0 radical (unpaired) electrons. The Bertz CT molecular complexity index is 1520. The van der Waals surface area contributed by atoms with E-state index in [1.165, 1.54) is 31.3 Å². The third-order valence-corrected chi connectivity index (χ3v) is 9.06. The zero-order chi connectivity index (χ0) is 40.7. The van der Waals surface area contributed by atoms with Gasteiger partial charge in [0.15, 0.2) is 0 Å². The highest BCUT2D eigenvalue weighted by molar-refractivity contribution is 5.97. The van der Waals surface area contributed by atoms with Crippen LogP contribution < -0.4 is 37.6 Å². The molecule has 20 heteroatoms. The molecule has 10 N–H and O–H groups in total. The van der Waals surface area contributed by atoms with Gasteiger partial charge in [-0.2, -0.15) is 0 Å². The van der Waals surface area contributed by atoms with Crippen molar-refractivity contribution < 1.29 is 48.3 Å². The number of aromatic amines is 1. The lowest BCUT2D eigenvalue weighted by atomic mass is 9.97. The standard InChI is InChI=1S/C34H54N10O10/c1-7-18(4)28(34(54)39-19(5)29(35)49)43-32(52)23-9-8-12-44(23)25(46)15-37-30(50)20(6)40-31(51)22(13-21-14-36-16-38-21)41-33(53)27(17(2)3)42-24(45)10-11-26(47)48/h14,16-20,22-23,27-28H,7-13,15H2,1-6H3,(H2,35,49)(H,36,38)(H,37,50)(H,39,54)(H,40,51)(H,41,53)(H,42,45)(H,43,52)(H,47,48)/t18-,19+,20-,22-,23-,27-,28-/m0/s1. The molecule has 2 rings (SSSR count). The Labute approximate surface area is 313 Å². The Balaban J connectivity index is 2.05. The summed E-state index contributed by atoms with van der Waals surface area (Å²) in [5.41, 5.74) is 5.74. The van der Waals surface area contributed by atoms with Gasteiger partial charge in [0, 0.05) is 31.3 Å². The van der Waals surface area contributed by atoms with E-state index in [-0.39, 0.29) is 25.3 Å². The maximum Gasteiger partial charge on any atom is 0.303 e. The summed E-state index contributed by atoms with van der Waals surface area (Å²) in [7, 11) is 0. The van der Waals surface area contributed by atoms with Crippen molar-refractivity contribution in [1.82, 2.24) is 46.8 Å². The molecule has 0 aromatic carbocycles. The third-order valence-electron chi connectivity index (χ3n) is 9.06. The minimum Gasteiger partial charge on any atom is -0.481 e. The predicted octanol–water partition coefficient (Wildman–Crippen LogP) is -2.42. The number of hydrogen-bond acceptors (Lipinski definition) is 10. The van der Waals surface area contributed by atoms with Crippen molar-refractivity contribution in [2.24, 2.45) is 17.6 Å². The second-order valence-electron chi connectivity index (χ2n) is 13.7. The summed E-state index contributed by atoms with van der Waals surface area (Å²) in [6.07, 6.45) is 3.32. The first-order chi connectivity index (χ1) is 25.4. The van der Waals surface area contributed by atoms with E-state index in [2.05, 4.69) is 41.9 Å². The monoisotopic (exact) mass is 762 g/mol. The van der Waals surface area contributed by atoms with Gasteiger partial charge >= 0.3 is 5.97 Å². The number of imidazole rings is 1. The van der Waals surface area contributed by atoms with E-state index >= 15 is 0 Å². The van der Waals surface area contributed by atoms with Crippen LogP contribution in [0, 0.1) is 11.8 Å². The van der Waals surface area contributed by atoms with Gasteiger partial charge in [0.2, 0.25) is 47.3 Å². The molecule has 1 aromatic rings. The average Bonchev–Trinajstić information content (AvgIpc) is 3.82. The molecule has 0 aliphatic carbocycles. The van der Waals surface area contributed by atoms with Crippen LogP contribution in [0.3, 0.4) is 0 Å². The van der Waals surface area contributed by atoms with Crippen LogP contribution in [-0.4, -0.2) is 123 Å². The molecule has 0 saturated carbocycles. The number of aliphatic carboxylic acids is 1. The van der Waals surface area contributed by atoms with Gasteiger partial charge in [-0.1, -0.05) is 34.1 Å². The molecule has 1 aliphatic heterocycles. The summed E-state index contributed by atoms with van der Waals surface area (Å²) >= 11 is 0. The molecule has 300 valence electrons. The highest BCUT2D eigenvalue weighted by Gasteiger charge is 2.37. The second kappa shape index (κ2) is 21.2. The van der Waals surface area contributed by atoms with E-state index < -0.39 is 108 Å². The number of nitrogens with zero attached hydrogens (tertiary/aromatic N) is 2. The Morgan fingerprint density at radius 2 is 1.52 bits per heavy atom. The topological polar surface area (TPSA) is 304 Å². The third kappa shape index (κ3) is 13.8. The number of carboxylic acid groups (broad SMARTS) is 1.